The highest BCUT2D eigenvalue weighted by Crippen LogP contribution is 2.26. The van der Waals surface area contributed by atoms with Crippen molar-refractivity contribution in [3.05, 3.63) is 84.4 Å². The first-order valence-corrected chi connectivity index (χ1v) is 12.2. The van der Waals surface area contributed by atoms with Crippen molar-refractivity contribution in [2.75, 3.05) is 23.7 Å². The number of nitrogens with one attached hydrogen (secondary N) is 2. The fourth-order valence-electron chi connectivity index (χ4n) is 3.79. The molecule has 3 aromatic rings. The Morgan fingerprint density at radius 1 is 0.812 bits per heavy atom. The molecule has 1 saturated heterocycles. The Morgan fingerprint density at radius 2 is 1.38 bits per heavy atom. The molecule has 1 aliphatic heterocycles. The Bertz CT molecular complexity index is 1150. The topological polar surface area (TPSA) is 78.5 Å². The van der Waals surface area contributed by atoms with Gasteiger partial charge in [0.2, 0.25) is 15.9 Å². The highest BCUT2D eigenvalue weighted by molar-refractivity contribution is 7.89. The van der Waals surface area contributed by atoms with Crippen LogP contribution < -0.4 is 10.6 Å². The van der Waals surface area contributed by atoms with E-state index in [1.54, 1.807) is 24.3 Å². The molecule has 0 unspecified atom stereocenters. The third-order valence-corrected chi connectivity index (χ3v) is 7.61. The van der Waals surface area contributed by atoms with Gasteiger partial charge in [0.1, 0.15) is 0 Å². The normalized spacial score (nSPS) is 15.3. The zero-order valence-electron chi connectivity index (χ0n) is 18.0. The van der Waals surface area contributed by atoms with Crippen LogP contribution in [-0.4, -0.2) is 31.7 Å². The summed E-state index contributed by atoms with van der Waals surface area (Å²) in [5.74, 6) is -0.275. The minimum atomic E-state index is -3.52. The highest BCUT2D eigenvalue weighted by atomic mass is 32.2. The van der Waals surface area contributed by atoms with Crippen molar-refractivity contribution in [2.45, 2.75) is 24.7 Å². The molecule has 1 aliphatic rings. The molecule has 6 nitrogen and oxygen atoms in total. The smallest absolute Gasteiger partial charge is 0.243 e. The fourth-order valence-corrected chi connectivity index (χ4v) is 5.26. The summed E-state index contributed by atoms with van der Waals surface area (Å²) < 4.78 is 27.2. The summed E-state index contributed by atoms with van der Waals surface area (Å²) in [6, 6.07) is 24.3. The molecular formula is C25H27N3O3S. The second kappa shape index (κ2) is 9.54. The molecule has 1 heterocycles. The Hall–Kier alpha value is -3.16. The maximum absolute atomic E-state index is 12.8. The van der Waals surface area contributed by atoms with Crippen LogP contribution in [0.4, 0.5) is 17.1 Å². The van der Waals surface area contributed by atoms with E-state index in [2.05, 4.69) is 10.6 Å². The Morgan fingerprint density at radius 3 is 2.00 bits per heavy atom. The van der Waals surface area contributed by atoms with Crippen LogP contribution in [0.1, 0.15) is 18.4 Å². The molecule has 0 radical (unpaired) electrons. The molecule has 0 saturated carbocycles. The molecule has 0 atom stereocenters. The van der Waals surface area contributed by atoms with E-state index in [-0.39, 0.29) is 11.8 Å². The molecule has 0 spiro atoms. The standard InChI is InChI=1S/C25H27N3O3S/c1-19-7-13-24(14-8-19)32(30,31)28-17-15-20(16-18-28)25(29)27-23-11-9-22(10-12-23)26-21-5-3-2-4-6-21/h2-14,20,26H,15-18H2,1H3,(H,27,29). The lowest BCUT2D eigenvalue weighted by Gasteiger charge is -2.30. The van der Waals surface area contributed by atoms with Gasteiger partial charge in [-0.1, -0.05) is 35.9 Å². The molecule has 0 aliphatic carbocycles. The van der Waals surface area contributed by atoms with Crippen LogP contribution in [0.15, 0.2) is 83.8 Å². The summed E-state index contributed by atoms with van der Waals surface area (Å²) in [6.45, 7) is 2.61. The summed E-state index contributed by atoms with van der Waals surface area (Å²) in [5, 5.41) is 6.27. The van der Waals surface area contributed by atoms with Crippen molar-refractivity contribution in [1.29, 1.82) is 0 Å². The molecule has 0 bridgehead atoms. The molecule has 3 aromatic carbocycles. The van der Waals surface area contributed by atoms with Gasteiger partial charge in [0.25, 0.3) is 0 Å². The lowest BCUT2D eigenvalue weighted by atomic mass is 9.97. The van der Waals surface area contributed by atoms with Crippen LogP contribution in [-0.2, 0) is 14.8 Å². The molecule has 1 amide bonds. The number of sulfonamides is 1. The third kappa shape index (κ3) is 5.18. The van der Waals surface area contributed by atoms with Crippen molar-refractivity contribution in [2.24, 2.45) is 5.92 Å². The van der Waals surface area contributed by atoms with E-state index in [0.717, 1.165) is 22.6 Å². The molecule has 32 heavy (non-hydrogen) atoms. The number of carbonyl (C=O) groups is 1. The Balaban J connectivity index is 1.31. The molecular weight excluding hydrogens is 422 g/mol. The van der Waals surface area contributed by atoms with E-state index in [9.17, 15) is 13.2 Å². The fraction of sp³-hybridized carbons (Fsp3) is 0.240. The molecule has 0 aromatic heterocycles. The van der Waals surface area contributed by atoms with Gasteiger partial charge in [-0.25, -0.2) is 8.42 Å². The van der Waals surface area contributed by atoms with Crippen LogP contribution in [0.2, 0.25) is 0 Å². The number of aryl methyl sites for hydroxylation is 1. The van der Waals surface area contributed by atoms with E-state index < -0.39 is 10.0 Å². The molecule has 4 rings (SSSR count). The summed E-state index contributed by atoms with van der Waals surface area (Å²) in [4.78, 5) is 13.0. The first-order valence-electron chi connectivity index (χ1n) is 10.7. The van der Waals surface area contributed by atoms with Gasteiger partial charge in [-0.15, -0.1) is 0 Å². The van der Waals surface area contributed by atoms with E-state index in [0.29, 0.717) is 30.8 Å². The number of amides is 1. The second-order valence-corrected chi connectivity index (χ2v) is 9.99. The Labute approximate surface area is 189 Å². The van der Waals surface area contributed by atoms with Crippen LogP contribution in [0, 0.1) is 12.8 Å². The monoisotopic (exact) mass is 449 g/mol. The predicted molar refractivity (Wildman–Crippen MR) is 127 cm³/mol. The van der Waals surface area contributed by atoms with E-state index in [4.69, 9.17) is 0 Å². The van der Waals surface area contributed by atoms with Crippen LogP contribution >= 0.6 is 0 Å². The van der Waals surface area contributed by atoms with Gasteiger partial charge in [-0.05, 0) is 68.3 Å². The number of benzene rings is 3. The van der Waals surface area contributed by atoms with E-state index >= 15 is 0 Å². The van der Waals surface area contributed by atoms with Crippen molar-refractivity contribution in [3.8, 4) is 0 Å². The van der Waals surface area contributed by atoms with Crippen molar-refractivity contribution < 1.29 is 13.2 Å². The first kappa shape index (κ1) is 22.0. The van der Waals surface area contributed by atoms with Crippen molar-refractivity contribution in [3.63, 3.8) is 0 Å². The minimum absolute atomic E-state index is 0.0684. The second-order valence-electron chi connectivity index (χ2n) is 8.05. The summed E-state index contributed by atoms with van der Waals surface area (Å²) in [5.41, 5.74) is 3.67. The van der Waals surface area contributed by atoms with Gasteiger partial charge in [-0.2, -0.15) is 4.31 Å². The lowest BCUT2D eigenvalue weighted by molar-refractivity contribution is -0.120. The quantitative estimate of drug-likeness (QED) is 0.568. The van der Waals surface area contributed by atoms with Crippen LogP contribution in [0.3, 0.4) is 0 Å². The summed E-state index contributed by atoms with van der Waals surface area (Å²) in [7, 11) is -3.52. The number of hydrogen-bond donors (Lipinski definition) is 2. The van der Waals surface area contributed by atoms with Gasteiger partial charge in [0.05, 0.1) is 4.90 Å². The van der Waals surface area contributed by atoms with Gasteiger partial charge in [0, 0.05) is 36.1 Å². The number of piperidine rings is 1. The molecule has 1 fully saturated rings. The molecule has 166 valence electrons. The molecule has 2 N–H and O–H groups in total. The van der Waals surface area contributed by atoms with E-state index in [1.165, 1.54) is 4.31 Å². The maximum atomic E-state index is 12.8. The lowest BCUT2D eigenvalue weighted by Crippen LogP contribution is -2.41. The zero-order chi connectivity index (χ0) is 22.6. The molecule has 7 heteroatoms. The maximum Gasteiger partial charge on any atom is 0.243 e. The largest absolute Gasteiger partial charge is 0.356 e. The number of anilines is 3. The minimum Gasteiger partial charge on any atom is -0.356 e. The number of nitrogens with zero attached hydrogens (tertiary/aromatic N) is 1. The van der Waals surface area contributed by atoms with Crippen LogP contribution in [0.5, 0.6) is 0 Å². The highest BCUT2D eigenvalue weighted by Gasteiger charge is 2.32. The number of rotatable bonds is 6. The number of para-hydroxylation sites is 1. The van der Waals surface area contributed by atoms with Gasteiger partial charge in [-0.3, -0.25) is 4.79 Å². The number of hydrogen-bond acceptors (Lipinski definition) is 4. The third-order valence-electron chi connectivity index (χ3n) is 5.70. The predicted octanol–water partition coefficient (Wildman–Crippen LogP) is 4.78. The van der Waals surface area contributed by atoms with Crippen molar-refractivity contribution >= 4 is 33.0 Å². The average molecular weight is 450 g/mol. The SMILES string of the molecule is Cc1ccc(S(=O)(=O)N2CCC(C(=O)Nc3ccc(Nc4ccccc4)cc3)CC2)cc1. The van der Waals surface area contributed by atoms with Gasteiger partial charge >= 0.3 is 0 Å². The average Bonchev–Trinajstić information content (AvgIpc) is 2.81. The van der Waals surface area contributed by atoms with Gasteiger partial charge < -0.3 is 10.6 Å². The van der Waals surface area contributed by atoms with E-state index in [1.807, 2.05) is 61.5 Å². The van der Waals surface area contributed by atoms with Crippen molar-refractivity contribution in [1.82, 2.24) is 4.31 Å². The first-order chi connectivity index (χ1) is 15.4. The van der Waals surface area contributed by atoms with Crippen LogP contribution in [0.25, 0.3) is 0 Å². The zero-order valence-corrected chi connectivity index (χ0v) is 18.8. The Kier molecular flexibility index (Phi) is 6.58. The van der Waals surface area contributed by atoms with Gasteiger partial charge in [0.15, 0.2) is 0 Å². The summed E-state index contributed by atoms with van der Waals surface area (Å²) >= 11 is 0. The number of carbonyl (C=O) groups excluding carboxylic acids is 1. The summed E-state index contributed by atoms with van der Waals surface area (Å²) in [6.07, 6.45) is 1.01.